The second kappa shape index (κ2) is 5.11. The highest BCUT2D eigenvalue weighted by Gasteiger charge is 2.05. The number of halogens is 1. The number of benzene rings is 1. The van der Waals surface area contributed by atoms with E-state index in [0.717, 1.165) is 10.7 Å². The molecule has 3 aromatic rings. The Morgan fingerprint density at radius 1 is 1.11 bits per heavy atom. The first kappa shape index (κ1) is 11.7. The monoisotopic (exact) mass is 272 g/mol. The lowest BCUT2D eigenvalue weighted by atomic mass is 10.3. The minimum atomic E-state index is -0.305. The molecule has 0 aliphatic heterocycles. The quantitative estimate of drug-likeness (QED) is 0.793. The van der Waals surface area contributed by atoms with Crippen molar-refractivity contribution in [2.75, 3.05) is 5.32 Å². The van der Waals surface area contributed by atoms with E-state index in [4.69, 9.17) is 0 Å². The van der Waals surface area contributed by atoms with Crippen LogP contribution in [0.2, 0.25) is 0 Å². The molecule has 0 bridgehead atoms. The minimum Gasteiger partial charge on any atom is -0.324 e. The van der Waals surface area contributed by atoms with Gasteiger partial charge in [0.25, 0.3) is 0 Å². The second-order valence-corrected chi connectivity index (χ2v) is 4.63. The molecule has 0 amide bonds. The summed E-state index contributed by atoms with van der Waals surface area (Å²) in [7, 11) is 0. The van der Waals surface area contributed by atoms with Gasteiger partial charge in [0.1, 0.15) is 16.5 Å². The first-order chi connectivity index (χ1) is 9.31. The zero-order valence-corrected chi connectivity index (χ0v) is 10.6. The number of aromatic nitrogens is 3. The van der Waals surface area contributed by atoms with Crippen LogP contribution in [-0.2, 0) is 0 Å². The van der Waals surface area contributed by atoms with Crippen molar-refractivity contribution in [1.82, 2.24) is 15.0 Å². The van der Waals surface area contributed by atoms with Gasteiger partial charge in [0, 0.05) is 23.5 Å². The fourth-order valence-electron chi connectivity index (χ4n) is 1.58. The van der Waals surface area contributed by atoms with Crippen molar-refractivity contribution in [2.45, 2.75) is 0 Å². The number of anilines is 2. The molecule has 6 heteroatoms. The van der Waals surface area contributed by atoms with E-state index in [1.807, 2.05) is 5.38 Å². The lowest BCUT2D eigenvalue weighted by molar-refractivity contribution is 0.628. The molecular formula is C13H9FN4S. The molecule has 94 valence electrons. The fraction of sp³-hybridized carbons (Fsp3) is 0. The average Bonchev–Trinajstić information content (AvgIpc) is 2.93. The van der Waals surface area contributed by atoms with Crippen molar-refractivity contribution in [2.24, 2.45) is 0 Å². The van der Waals surface area contributed by atoms with Crippen LogP contribution in [0.4, 0.5) is 16.0 Å². The molecule has 1 aromatic carbocycles. The number of thiazole rings is 1. The molecular weight excluding hydrogens is 263 g/mol. The molecule has 4 nitrogen and oxygen atoms in total. The number of hydrogen-bond donors (Lipinski definition) is 1. The lowest BCUT2D eigenvalue weighted by Crippen LogP contribution is -1.97. The van der Waals surface area contributed by atoms with Crippen molar-refractivity contribution >= 4 is 23.0 Å². The molecule has 0 spiro atoms. The Balaban J connectivity index is 1.88. The minimum absolute atomic E-state index is 0.305. The summed E-state index contributed by atoms with van der Waals surface area (Å²) < 4.78 is 13.1. The predicted molar refractivity (Wildman–Crippen MR) is 72.8 cm³/mol. The van der Waals surface area contributed by atoms with Gasteiger partial charge < -0.3 is 5.32 Å². The van der Waals surface area contributed by atoms with E-state index < -0.39 is 0 Å². The molecule has 0 saturated carbocycles. The van der Waals surface area contributed by atoms with Gasteiger partial charge in [-0.3, -0.25) is 0 Å². The van der Waals surface area contributed by atoms with E-state index in [1.165, 1.54) is 23.5 Å². The Morgan fingerprint density at radius 3 is 2.84 bits per heavy atom. The van der Waals surface area contributed by atoms with Crippen molar-refractivity contribution < 1.29 is 4.39 Å². The van der Waals surface area contributed by atoms with Crippen LogP contribution in [0.25, 0.3) is 10.7 Å². The van der Waals surface area contributed by atoms with Crippen molar-refractivity contribution in [3.05, 3.63) is 53.9 Å². The molecule has 0 aliphatic carbocycles. The summed E-state index contributed by atoms with van der Waals surface area (Å²) in [5.41, 5.74) is 1.35. The molecule has 0 unspecified atom stereocenters. The summed E-state index contributed by atoms with van der Waals surface area (Å²) in [4.78, 5) is 12.6. The van der Waals surface area contributed by atoms with Gasteiger partial charge in [-0.2, -0.15) is 0 Å². The van der Waals surface area contributed by atoms with Gasteiger partial charge in [0.15, 0.2) is 0 Å². The van der Waals surface area contributed by atoms with Crippen molar-refractivity contribution in [3.63, 3.8) is 0 Å². The average molecular weight is 272 g/mol. The summed E-state index contributed by atoms with van der Waals surface area (Å²) in [6, 6.07) is 7.94. The van der Waals surface area contributed by atoms with Crippen molar-refractivity contribution in [1.29, 1.82) is 0 Å². The predicted octanol–water partition coefficient (Wildman–Crippen LogP) is 3.48. The second-order valence-electron chi connectivity index (χ2n) is 3.74. The fourth-order valence-corrected chi connectivity index (χ4v) is 2.19. The Morgan fingerprint density at radius 2 is 2.05 bits per heavy atom. The van der Waals surface area contributed by atoms with Crippen LogP contribution >= 0.6 is 11.3 Å². The van der Waals surface area contributed by atoms with Gasteiger partial charge in [0.2, 0.25) is 5.95 Å². The third kappa shape index (κ3) is 2.74. The molecule has 2 heterocycles. The highest BCUT2D eigenvalue weighted by molar-refractivity contribution is 7.13. The summed E-state index contributed by atoms with van der Waals surface area (Å²) in [5, 5.41) is 5.67. The van der Waals surface area contributed by atoms with Crippen LogP contribution in [0.1, 0.15) is 0 Å². The summed E-state index contributed by atoms with van der Waals surface area (Å²) in [6.07, 6.45) is 3.37. The highest BCUT2D eigenvalue weighted by atomic mass is 32.1. The molecule has 19 heavy (non-hydrogen) atoms. The van der Waals surface area contributed by atoms with Gasteiger partial charge in [-0.15, -0.1) is 11.3 Å². The van der Waals surface area contributed by atoms with Gasteiger partial charge >= 0.3 is 0 Å². The van der Waals surface area contributed by atoms with Crippen LogP contribution in [0.15, 0.2) is 48.1 Å². The summed E-state index contributed by atoms with van der Waals surface area (Å²) in [5.74, 6) is 0.111. The lowest BCUT2D eigenvalue weighted by Gasteiger charge is -2.05. The SMILES string of the molecule is Fc1cccc(Nc2nccc(-c3nccs3)n2)c1. The van der Waals surface area contributed by atoms with Crippen LogP contribution in [0.5, 0.6) is 0 Å². The zero-order chi connectivity index (χ0) is 13.1. The molecule has 0 radical (unpaired) electrons. The summed E-state index contributed by atoms with van der Waals surface area (Å²) >= 11 is 1.50. The van der Waals surface area contributed by atoms with E-state index in [0.29, 0.717) is 11.6 Å². The Labute approximate surface area is 113 Å². The van der Waals surface area contributed by atoms with Crippen molar-refractivity contribution in [3.8, 4) is 10.7 Å². The molecule has 0 fully saturated rings. The molecule has 2 aromatic heterocycles. The van der Waals surface area contributed by atoms with Gasteiger partial charge in [-0.1, -0.05) is 6.07 Å². The standard InChI is InChI=1S/C13H9FN4S/c14-9-2-1-3-10(8-9)17-13-16-5-4-11(18-13)12-15-6-7-19-12/h1-8H,(H,16,17,18). The largest absolute Gasteiger partial charge is 0.324 e. The van der Waals surface area contributed by atoms with Crippen LogP contribution in [-0.4, -0.2) is 15.0 Å². The highest BCUT2D eigenvalue weighted by Crippen LogP contribution is 2.21. The molecule has 1 N–H and O–H groups in total. The van der Waals surface area contributed by atoms with E-state index in [9.17, 15) is 4.39 Å². The van der Waals surface area contributed by atoms with E-state index in [2.05, 4.69) is 20.3 Å². The first-order valence-electron chi connectivity index (χ1n) is 5.57. The summed E-state index contributed by atoms with van der Waals surface area (Å²) in [6.45, 7) is 0. The van der Waals surface area contributed by atoms with Crippen LogP contribution < -0.4 is 5.32 Å². The first-order valence-corrected chi connectivity index (χ1v) is 6.45. The van der Waals surface area contributed by atoms with Crippen LogP contribution in [0, 0.1) is 5.82 Å². The van der Waals surface area contributed by atoms with Gasteiger partial charge in [0.05, 0.1) is 0 Å². The topological polar surface area (TPSA) is 50.7 Å². The number of nitrogens with zero attached hydrogens (tertiary/aromatic N) is 3. The maximum Gasteiger partial charge on any atom is 0.227 e. The Hall–Kier alpha value is -2.34. The number of rotatable bonds is 3. The smallest absolute Gasteiger partial charge is 0.227 e. The maximum atomic E-state index is 13.1. The Kier molecular flexibility index (Phi) is 3.16. The van der Waals surface area contributed by atoms with Crippen LogP contribution in [0.3, 0.4) is 0 Å². The van der Waals surface area contributed by atoms with E-state index >= 15 is 0 Å². The molecule has 0 atom stereocenters. The number of hydrogen-bond acceptors (Lipinski definition) is 5. The number of nitrogens with one attached hydrogen (secondary N) is 1. The van der Waals surface area contributed by atoms with Gasteiger partial charge in [-0.05, 0) is 24.3 Å². The molecule has 0 aliphatic rings. The maximum absolute atomic E-state index is 13.1. The van der Waals surface area contributed by atoms with E-state index in [-0.39, 0.29) is 5.82 Å². The zero-order valence-electron chi connectivity index (χ0n) is 9.75. The Bertz CT molecular complexity index is 685. The van der Waals surface area contributed by atoms with Gasteiger partial charge in [-0.25, -0.2) is 19.3 Å². The molecule has 3 rings (SSSR count). The molecule has 0 saturated heterocycles. The third-order valence-corrected chi connectivity index (χ3v) is 3.18. The normalized spacial score (nSPS) is 10.4. The third-order valence-electron chi connectivity index (χ3n) is 2.39. The van der Waals surface area contributed by atoms with E-state index in [1.54, 1.807) is 30.6 Å².